The van der Waals surface area contributed by atoms with Gasteiger partial charge in [-0.25, -0.2) is 4.98 Å². The molecule has 0 radical (unpaired) electrons. The molecule has 0 unspecified atom stereocenters. The summed E-state index contributed by atoms with van der Waals surface area (Å²) in [6.45, 7) is 1.39. The molecule has 3 N–H and O–H groups in total. The molecular formula is C10H12N4O. The summed E-state index contributed by atoms with van der Waals surface area (Å²) in [6.07, 6.45) is 4.86. The van der Waals surface area contributed by atoms with Crippen molar-refractivity contribution in [1.82, 2.24) is 20.3 Å². The highest BCUT2D eigenvalue weighted by atomic mass is 16.3. The van der Waals surface area contributed by atoms with Crippen LogP contribution in [0.2, 0.25) is 0 Å². The van der Waals surface area contributed by atoms with Gasteiger partial charge in [-0.1, -0.05) is 0 Å². The van der Waals surface area contributed by atoms with Crippen LogP contribution in [-0.4, -0.2) is 20.1 Å². The maximum Gasteiger partial charge on any atom is 0.133 e. The maximum atomic E-state index is 9.04. The Balaban J connectivity index is 1.81. The minimum atomic E-state index is 0.187. The SMILES string of the molecule is Oc1ccc(CNCc2cnc[nH]2)nc1. The highest BCUT2D eigenvalue weighted by molar-refractivity contribution is 5.17. The Morgan fingerprint density at radius 2 is 2.20 bits per heavy atom. The van der Waals surface area contributed by atoms with E-state index >= 15 is 0 Å². The third-order valence-corrected chi connectivity index (χ3v) is 1.99. The standard InChI is InChI=1S/C10H12N4O/c15-10-2-1-8(13-6-10)3-11-4-9-5-12-7-14-9/h1-2,5-7,11,15H,3-4H2,(H,12,14). The molecule has 15 heavy (non-hydrogen) atoms. The van der Waals surface area contributed by atoms with Crippen molar-refractivity contribution in [1.29, 1.82) is 0 Å². The third-order valence-electron chi connectivity index (χ3n) is 1.99. The number of imidazole rings is 1. The zero-order valence-electron chi connectivity index (χ0n) is 8.14. The van der Waals surface area contributed by atoms with Gasteiger partial charge in [0.15, 0.2) is 0 Å². The van der Waals surface area contributed by atoms with Crippen LogP contribution in [0.15, 0.2) is 30.9 Å². The van der Waals surface area contributed by atoms with E-state index < -0.39 is 0 Å². The number of nitrogens with zero attached hydrogens (tertiary/aromatic N) is 2. The number of hydrogen-bond donors (Lipinski definition) is 3. The summed E-state index contributed by atoms with van der Waals surface area (Å²) in [6, 6.07) is 3.41. The number of nitrogens with one attached hydrogen (secondary N) is 2. The van der Waals surface area contributed by atoms with Gasteiger partial charge >= 0.3 is 0 Å². The highest BCUT2D eigenvalue weighted by Crippen LogP contribution is 2.05. The number of aromatic hydroxyl groups is 1. The first kappa shape index (κ1) is 9.67. The van der Waals surface area contributed by atoms with E-state index in [0.29, 0.717) is 6.54 Å². The molecule has 0 spiro atoms. The van der Waals surface area contributed by atoms with Crippen molar-refractivity contribution in [2.75, 3.05) is 0 Å². The van der Waals surface area contributed by atoms with Crippen molar-refractivity contribution >= 4 is 0 Å². The molecule has 78 valence electrons. The van der Waals surface area contributed by atoms with Crippen molar-refractivity contribution in [3.05, 3.63) is 42.2 Å². The second-order valence-corrected chi connectivity index (χ2v) is 3.19. The number of pyridine rings is 1. The van der Waals surface area contributed by atoms with Crippen molar-refractivity contribution < 1.29 is 5.11 Å². The smallest absolute Gasteiger partial charge is 0.133 e. The second kappa shape index (κ2) is 4.56. The predicted molar refractivity (Wildman–Crippen MR) is 55.0 cm³/mol. The quantitative estimate of drug-likeness (QED) is 0.688. The van der Waals surface area contributed by atoms with E-state index in [4.69, 9.17) is 5.11 Å². The van der Waals surface area contributed by atoms with Gasteiger partial charge in [-0.2, -0.15) is 0 Å². The maximum absolute atomic E-state index is 9.04. The Labute approximate surface area is 87.2 Å². The summed E-state index contributed by atoms with van der Waals surface area (Å²) in [5, 5.41) is 12.2. The molecule has 5 nitrogen and oxygen atoms in total. The molecule has 0 aliphatic carbocycles. The summed E-state index contributed by atoms with van der Waals surface area (Å²) in [5.41, 5.74) is 1.93. The number of H-pyrrole nitrogens is 1. The van der Waals surface area contributed by atoms with Gasteiger partial charge in [0.25, 0.3) is 0 Å². The first-order valence-electron chi connectivity index (χ1n) is 4.66. The van der Waals surface area contributed by atoms with Gasteiger partial charge in [0.1, 0.15) is 5.75 Å². The monoisotopic (exact) mass is 204 g/mol. The Bertz CT molecular complexity index is 396. The van der Waals surface area contributed by atoms with E-state index in [0.717, 1.165) is 17.9 Å². The Kier molecular flexibility index (Phi) is 2.94. The van der Waals surface area contributed by atoms with E-state index in [1.165, 1.54) is 6.20 Å². The molecular weight excluding hydrogens is 192 g/mol. The molecule has 0 aromatic carbocycles. The molecule has 0 fully saturated rings. The number of aromatic nitrogens is 3. The van der Waals surface area contributed by atoms with E-state index in [-0.39, 0.29) is 5.75 Å². The van der Waals surface area contributed by atoms with Crippen molar-refractivity contribution in [2.24, 2.45) is 0 Å². The molecule has 2 aromatic heterocycles. The van der Waals surface area contributed by atoms with Gasteiger partial charge in [0, 0.05) is 25.0 Å². The van der Waals surface area contributed by atoms with Crippen LogP contribution in [-0.2, 0) is 13.1 Å². The fourth-order valence-corrected chi connectivity index (χ4v) is 1.23. The van der Waals surface area contributed by atoms with Crippen LogP contribution in [0.1, 0.15) is 11.4 Å². The zero-order valence-corrected chi connectivity index (χ0v) is 8.14. The molecule has 2 aromatic rings. The number of hydrogen-bond acceptors (Lipinski definition) is 4. The summed E-state index contributed by atoms with van der Waals surface area (Å²) in [5.74, 6) is 0.187. The fraction of sp³-hybridized carbons (Fsp3) is 0.200. The summed E-state index contributed by atoms with van der Waals surface area (Å²) in [7, 11) is 0. The van der Waals surface area contributed by atoms with Crippen LogP contribution in [0.25, 0.3) is 0 Å². The fourth-order valence-electron chi connectivity index (χ4n) is 1.23. The van der Waals surface area contributed by atoms with Crippen LogP contribution in [0.4, 0.5) is 0 Å². The van der Waals surface area contributed by atoms with Crippen molar-refractivity contribution in [3.63, 3.8) is 0 Å². The summed E-state index contributed by atoms with van der Waals surface area (Å²) in [4.78, 5) is 11.0. The average molecular weight is 204 g/mol. The van der Waals surface area contributed by atoms with E-state index in [2.05, 4.69) is 20.3 Å². The van der Waals surface area contributed by atoms with Crippen molar-refractivity contribution in [2.45, 2.75) is 13.1 Å². The molecule has 0 saturated carbocycles. The molecule has 0 atom stereocenters. The van der Waals surface area contributed by atoms with Gasteiger partial charge in [-0.15, -0.1) is 0 Å². The van der Waals surface area contributed by atoms with Crippen LogP contribution in [0.3, 0.4) is 0 Å². The molecule has 0 amide bonds. The molecule has 2 rings (SSSR count). The van der Waals surface area contributed by atoms with Gasteiger partial charge in [-0.3, -0.25) is 4.98 Å². The van der Waals surface area contributed by atoms with E-state index in [9.17, 15) is 0 Å². The average Bonchev–Trinajstić information content (AvgIpc) is 2.74. The molecule has 5 heteroatoms. The van der Waals surface area contributed by atoms with Gasteiger partial charge in [0.05, 0.1) is 18.2 Å². The Morgan fingerprint density at radius 1 is 1.27 bits per heavy atom. The van der Waals surface area contributed by atoms with Gasteiger partial charge in [-0.05, 0) is 12.1 Å². The third kappa shape index (κ3) is 2.78. The normalized spacial score (nSPS) is 10.4. The van der Waals surface area contributed by atoms with E-state index in [1.54, 1.807) is 24.7 Å². The van der Waals surface area contributed by atoms with Crippen LogP contribution in [0.5, 0.6) is 5.75 Å². The van der Waals surface area contributed by atoms with Crippen molar-refractivity contribution in [3.8, 4) is 5.75 Å². The second-order valence-electron chi connectivity index (χ2n) is 3.19. The minimum Gasteiger partial charge on any atom is -0.506 e. The van der Waals surface area contributed by atoms with Crippen LogP contribution in [0, 0.1) is 0 Å². The molecule has 0 aliphatic heterocycles. The number of rotatable bonds is 4. The largest absolute Gasteiger partial charge is 0.506 e. The van der Waals surface area contributed by atoms with Gasteiger partial charge in [0.2, 0.25) is 0 Å². The first-order valence-corrected chi connectivity index (χ1v) is 4.66. The lowest BCUT2D eigenvalue weighted by atomic mass is 10.3. The summed E-state index contributed by atoms with van der Waals surface area (Å²) >= 11 is 0. The predicted octanol–water partition coefficient (Wildman–Crippen LogP) is 0.800. The first-order chi connectivity index (χ1) is 7.34. The Morgan fingerprint density at radius 3 is 2.87 bits per heavy atom. The van der Waals surface area contributed by atoms with Gasteiger partial charge < -0.3 is 15.4 Å². The lowest BCUT2D eigenvalue weighted by Crippen LogP contribution is -2.13. The molecule has 2 heterocycles. The zero-order chi connectivity index (χ0) is 10.5. The molecule has 0 saturated heterocycles. The van der Waals surface area contributed by atoms with Crippen LogP contribution < -0.4 is 5.32 Å². The lowest BCUT2D eigenvalue weighted by Gasteiger charge is -2.02. The topological polar surface area (TPSA) is 73.8 Å². The molecule has 0 aliphatic rings. The van der Waals surface area contributed by atoms with Crippen LogP contribution >= 0.6 is 0 Å². The Hall–Kier alpha value is -1.88. The highest BCUT2D eigenvalue weighted by Gasteiger charge is 1.96. The number of aromatic amines is 1. The minimum absolute atomic E-state index is 0.187. The summed E-state index contributed by atoms with van der Waals surface area (Å²) < 4.78 is 0. The molecule has 0 bridgehead atoms. The van der Waals surface area contributed by atoms with E-state index in [1.807, 2.05) is 0 Å². The lowest BCUT2D eigenvalue weighted by molar-refractivity contribution is 0.471.